The SMILES string of the molecule is Cl.Cl.O=C(CC1COCCN1)NC1CCCN(Cc2ccccc2)C1. The first kappa shape index (κ1) is 22.2. The van der Waals surface area contributed by atoms with Crippen molar-refractivity contribution in [1.29, 1.82) is 0 Å². The van der Waals surface area contributed by atoms with Gasteiger partial charge in [-0.25, -0.2) is 0 Å². The molecule has 142 valence electrons. The number of carbonyl (C=O) groups excluding carboxylic acids is 1. The van der Waals surface area contributed by atoms with Gasteiger partial charge in [0, 0.05) is 38.1 Å². The molecule has 0 spiro atoms. The summed E-state index contributed by atoms with van der Waals surface area (Å²) in [7, 11) is 0. The van der Waals surface area contributed by atoms with Crippen LogP contribution in [0.15, 0.2) is 30.3 Å². The second kappa shape index (κ2) is 11.7. The Bertz CT molecular complexity index is 498. The monoisotopic (exact) mass is 389 g/mol. The van der Waals surface area contributed by atoms with E-state index in [0.29, 0.717) is 13.0 Å². The van der Waals surface area contributed by atoms with Crippen molar-refractivity contribution in [2.45, 2.75) is 37.9 Å². The molecule has 1 amide bonds. The van der Waals surface area contributed by atoms with Crippen molar-refractivity contribution in [3.8, 4) is 0 Å². The van der Waals surface area contributed by atoms with E-state index in [1.807, 2.05) is 6.07 Å². The molecule has 3 rings (SSSR count). The molecular formula is C18H29Cl2N3O2. The summed E-state index contributed by atoms with van der Waals surface area (Å²) >= 11 is 0. The van der Waals surface area contributed by atoms with Gasteiger partial charge < -0.3 is 15.4 Å². The van der Waals surface area contributed by atoms with Crippen molar-refractivity contribution < 1.29 is 9.53 Å². The topological polar surface area (TPSA) is 53.6 Å². The quantitative estimate of drug-likeness (QED) is 0.808. The van der Waals surface area contributed by atoms with Gasteiger partial charge in [0.05, 0.1) is 13.2 Å². The second-order valence-corrected chi connectivity index (χ2v) is 6.56. The van der Waals surface area contributed by atoms with Crippen LogP contribution in [-0.2, 0) is 16.1 Å². The largest absolute Gasteiger partial charge is 0.378 e. The molecule has 5 nitrogen and oxygen atoms in total. The zero-order valence-corrected chi connectivity index (χ0v) is 16.1. The van der Waals surface area contributed by atoms with E-state index in [1.165, 1.54) is 5.56 Å². The summed E-state index contributed by atoms with van der Waals surface area (Å²) in [5, 5.41) is 6.54. The van der Waals surface area contributed by atoms with Crippen LogP contribution in [0.2, 0.25) is 0 Å². The Morgan fingerprint density at radius 2 is 2.08 bits per heavy atom. The number of carbonyl (C=O) groups is 1. The van der Waals surface area contributed by atoms with Crippen molar-refractivity contribution in [3.05, 3.63) is 35.9 Å². The number of ether oxygens (including phenoxy) is 1. The Morgan fingerprint density at radius 3 is 2.80 bits per heavy atom. The maximum absolute atomic E-state index is 12.2. The Labute approximate surface area is 162 Å². The molecule has 2 saturated heterocycles. The Morgan fingerprint density at radius 1 is 1.28 bits per heavy atom. The molecule has 0 aromatic heterocycles. The normalized spacial score (nSPS) is 23.8. The number of morpholine rings is 1. The standard InChI is InChI=1S/C18H27N3O2.2ClH/c22-18(11-17-14-23-10-8-19-17)20-16-7-4-9-21(13-16)12-15-5-2-1-3-6-15;;/h1-3,5-6,16-17,19H,4,7-14H2,(H,20,22);2*1H. The molecule has 0 radical (unpaired) electrons. The van der Waals surface area contributed by atoms with E-state index in [9.17, 15) is 4.79 Å². The highest BCUT2D eigenvalue weighted by atomic mass is 35.5. The van der Waals surface area contributed by atoms with Crippen LogP contribution in [-0.4, -0.2) is 55.7 Å². The van der Waals surface area contributed by atoms with E-state index in [-0.39, 0.29) is 42.8 Å². The third-order valence-electron chi connectivity index (χ3n) is 4.55. The summed E-state index contributed by atoms with van der Waals surface area (Å²) in [6, 6.07) is 11.0. The number of hydrogen-bond donors (Lipinski definition) is 2. The van der Waals surface area contributed by atoms with E-state index in [4.69, 9.17) is 4.74 Å². The predicted octanol–water partition coefficient (Wildman–Crippen LogP) is 1.99. The van der Waals surface area contributed by atoms with Crippen LogP contribution in [0, 0.1) is 0 Å². The third-order valence-corrected chi connectivity index (χ3v) is 4.55. The number of hydrogen-bond acceptors (Lipinski definition) is 4. The first-order valence-electron chi connectivity index (χ1n) is 8.66. The fourth-order valence-electron chi connectivity index (χ4n) is 3.42. The smallest absolute Gasteiger partial charge is 0.221 e. The third kappa shape index (κ3) is 7.50. The van der Waals surface area contributed by atoms with E-state index < -0.39 is 0 Å². The van der Waals surface area contributed by atoms with Crippen LogP contribution in [0.5, 0.6) is 0 Å². The van der Waals surface area contributed by atoms with Gasteiger partial charge in [-0.2, -0.15) is 0 Å². The van der Waals surface area contributed by atoms with Gasteiger partial charge in [0.2, 0.25) is 5.91 Å². The molecule has 2 heterocycles. The number of nitrogens with zero attached hydrogens (tertiary/aromatic N) is 1. The number of rotatable bonds is 5. The number of amides is 1. The van der Waals surface area contributed by atoms with Crippen molar-refractivity contribution >= 4 is 30.7 Å². The van der Waals surface area contributed by atoms with Crippen LogP contribution in [0.1, 0.15) is 24.8 Å². The van der Waals surface area contributed by atoms with Gasteiger partial charge in [-0.3, -0.25) is 9.69 Å². The van der Waals surface area contributed by atoms with Gasteiger partial charge >= 0.3 is 0 Å². The fraction of sp³-hybridized carbons (Fsp3) is 0.611. The molecule has 2 atom stereocenters. The zero-order valence-electron chi connectivity index (χ0n) is 14.5. The van der Waals surface area contributed by atoms with E-state index >= 15 is 0 Å². The maximum Gasteiger partial charge on any atom is 0.221 e. The highest BCUT2D eigenvalue weighted by Gasteiger charge is 2.23. The molecule has 2 unspecified atom stereocenters. The predicted molar refractivity (Wildman–Crippen MR) is 105 cm³/mol. The molecule has 7 heteroatoms. The molecular weight excluding hydrogens is 361 g/mol. The zero-order chi connectivity index (χ0) is 15.9. The minimum absolute atomic E-state index is 0. The van der Waals surface area contributed by atoms with E-state index in [1.54, 1.807) is 0 Å². The van der Waals surface area contributed by atoms with Crippen molar-refractivity contribution in [3.63, 3.8) is 0 Å². The Kier molecular flexibility index (Phi) is 10.4. The maximum atomic E-state index is 12.2. The lowest BCUT2D eigenvalue weighted by molar-refractivity contribution is -0.123. The number of nitrogens with one attached hydrogen (secondary N) is 2. The molecule has 2 N–H and O–H groups in total. The van der Waals surface area contributed by atoms with E-state index in [0.717, 1.165) is 45.6 Å². The Hall–Kier alpha value is -0.850. The molecule has 2 aliphatic rings. The molecule has 0 saturated carbocycles. The molecule has 0 bridgehead atoms. The summed E-state index contributed by atoms with van der Waals surface area (Å²) in [5.74, 6) is 0.138. The first-order valence-corrected chi connectivity index (χ1v) is 8.66. The van der Waals surface area contributed by atoms with Gasteiger partial charge in [-0.15, -0.1) is 24.8 Å². The van der Waals surface area contributed by atoms with Crippen molar-refractivity contribution in [1.82, 2.24) is 15.5 Å². The molecule has 0 aliphatic carbocycles. The van der Waals surface area contributed by atoms with Gasteiger partial charge in [0.25, 0.3) is 0 Å². The summed E-state index contributed by atoms with van der Waals surface area (Å²) in [5.41, 5.74) is 1.34. The van der Waals surface area contributed by atoms with Crippen molar-refractivity contribution in [2.75, 3.05) is 32.8 Å². The summed E-state index contributed by atoms with van der Waals surface area (Å²) in [6.07, 6.45) is 2.73. The van der Waals surface area contributed by atoms with Crippen molar-refractivity contribution in [2.24, 2.45) is 0 Å². The molecule has 1 aromatic rings. The summed E-state index contributed by atoms with van der Waals surface area (Å²) in [4.78, 5) is 14.7. The number of benzene rings is 1. The molecule has 1 aromatic carbocycles. The van der Waals surface area contributed by atoms with Crippen LogP contribution in [0.3, 0.4) is 0 Å². The van der Waals surface area contributed by atoms with Crippen LogP contribution < -0.4 is 10.6 Å². The number of likely N-dealkylation sites (tertiary alicyclic amines) is 1. The highest BCUT2D eigenvalue weighted by Crippen LogP contribution is 2.14. The minimum atomic E-state index is 0. The highest BCUT2D eigenvalue weighted by molar-refractivity contribution is 5.85. The number of halogens is 2. The van der Waals surface area contributed by atoms with E-state index in [2.05, 4.69) is 39.8 Å². The average molecular weight is 390 g/mol. The molecule has 2 fully saturated rings. The van der Waals surface area contributed by atoms with Crippen LogP contribution in [0.4, 0.5) is 0 Å². The lowest BCUT2D eigenvalue weighted by atomic mass is 10.0. The summed E-state index contributed by atoms with van der Waals surface area (Å²) in [6.45, 7) is 5.24. The van der Waals surface area contributed by atoms with Gasteiger partial charge in [-0.05, 0) is 24.9 Å². The Balaban J connectivity index is 0.00000156. The number of piperidine rings is 1. The van der Waals surface area contributed by atoms with Gasteiger partial charge in [0.15, 0.2) is 0 Å². The molecule has 25 heavy (non-hydrogen) atoms. The second-order valence-electron chi connectivity index (χ2n) is 6.56. The summed E-state index contributed by atoms with van der Waals surface area (Å²) < 4.78 is 5.41. The molecule has 2 aliphatic heterocycles. The minimum Gasteiger partial charge on any atom is -0.378 e. The average Bonchev–Trinajstić information content (AvgIpc) is 2.57. The fourth-order valence-corrected chi connectivity index (χ4v) is 3.42. The van der Waals surface area contributed by atoms with Gasteiger partial charge in [-0.1, -0.05) is 30.3 Å². The first-order chi connectivity index (χ1) is 11.3. The van der Waals surface area contributed by atoms with Crippen LogP contribution in [0.25, 0.3) is 0 Å². The van der Waals surface area contributed by atoms with Gasteiger partial charge in [0.1, 0.15) is 0 Å². The lowest BCUT2D eigenvalue weighted by Crippen LogP contribution is -2.50. The van der Waals surface area contributed by atoms with Crippen LogP contribution >= 0.6 is 24.8 Å². The lowest BCUT2D eigenvalue weighted by Gasteiger charge is -2.33.